The molecule has 3 aromatic rings. The van der Waals surface area contributed by atoms with Gasteiger partial charge in [-0.3, -0.25) is 9.52 Å². The number of sulfonamides is 1. The Bertz CT molecular complexity index is 1020. The van der Waals surface area contributed by atoms with Crippen molar-refractivity contribution in [3.05, 3.63) is 48.3 Å². The summed E-state index contributed by atoms with van der Waals surface area (Å²) in [7, 11) is -3.41. The summed E-state index contributed by atoms with van der Waals surface area (Å²) < 4.78 is 27.4. The second-order valence-electron chi connectivity index (χ2n) is 5.28. The second kappa shape index (κ2) is 6.04. The average molecular weight is 344 g/mol. The molecule has 0 aliphatic heterocycles. The van der Waals surface area contributed by atoms with Crippen LogP contribution in [0, 0.1) is 0 Å². The first-order valence-electron chi connectivity index (χ1n) is 7.36. The minimum absolute atomic E-state index is 0.0299. The van der Waals surface area contributed by atoms with Crippen molar-refractivity contribution in [2.75, 3.05) is 10.5 Å². The van der Waals surface area contributed by atoms with Crippen LogP contribution in [0.25, 0.3) is 16.8 Å². The molecule has 8 heteroatoms. The second-order valence-corrected chi connectivity index (χ2v) is 7.29. The number of rotatable bonds is 5. The van der Waals surface area contributed by atoms with Gasteiger partial charge in [-0.1, -0.05) is 18.2 Å². The van der Waals surface area contributed by atoms with Crippen LogP contribution >= 0.6 is 0 Å². The molecule has 1 N–H and O–H groups in total. The van der Waals surface area contributed by atoms with Gasteiger partial charge < -0.3 is 0 Å². The minimum atomic E-state index is -3.41. The molecular formula is C16H16N4O3S. The highest BCUT2D eigenvalue weighted by atomic mass is 32.2. The number of hydrogen-bond donors (Lipinski definition) is 1. The first-order valence-corrected chi connectivity index (χ1v) is 9.01. The van der Waals surface area contributed by atoms with E-state index in [4.69, 9.17) is 0 Å². The van der Waals surface area contributed by atoms with E-state index < -0.39 is 10.0 Å². The predicted molar refractivity (Wildman–Crippen MR) is 91.5 cm³/mol. The van der Waals surface area contributed by atoms with Crippen molar-refractivity contribution in [3.63, 3.8) is 0 Å². The summed E-state index contributed by atoms with van der Waals surface area (Å²) in [4.78, 5) is 15.9. The van der Waals surface area contributed by atoms with Gasteiger partial charge in [-0.2, -0.15) is 5.10 Å². The molecule has 24 heavy (non-hydrogen) atoms. The van der Waals surface area contributed by atoms with E-state index in [1.165, 1.54) is 6.92 Å². The molecule has 1 aromatic carbocycles. The van der Waals surface area contributed by atoms with E-state index in [0.29, 0.717) is 11.2 Å². The monoisotopic (exact) mass is 344 g/mol. The predicted octanol–water partition coefficient (Wildman–Crippen LogP) is 2.36. The molecule has 0 aliphatic rings. The summed E-state index contributed by atoms with van der Waals surface area (Å²) >= 11 is 0. The van der Waals surface area contributed by atoms with E-state index in [9.17, 15) is 13.2 Å². The fourth-order valence-electron chi connectivity index (χ4n) is 2.27. The van der Waals surface area contributed by atoms with Crippen LogP contribution in [0.2, 0.25) is 0 Å². The molecule has 124 valence electrons. The van der Waals surface area contributed by atoms with E-state index >= 15 is 0 Å². The Morgan fingerprint density at radius 2 is 2.08 bits per heavy atom. The first-order chi connectivity index (χ1) is 11.4. The molecule has 2 heterocycles. The largest absolute Gasteiger partial charge is 0.295 e. The normalized spacial score (nSPS) is 11.6. The molecule has 0 radical (unpaired) electrons. The topological polar surface area (TPSA) is 93.4 Å². The smallest absolute Gasteiger partial charge is 0.233 e. The number of hydrogen-bond acceptors (Lipinski definition) is 5. The Morgan fingerprint density at radius 3 is 2.79 bits per heavy atom. The molecule has 0 fully saturated rings. The SMILES string of the molecule is CCS(=O)(=O)Nc1ccn2ncc(-c3cccc(C(C)=O)c3)c2n1. The fraction of sp³-hybridized carbons (Fsp3) is 0.188. The number of fused-ring (bicyclic) bond motifs is 1. The lowest BCUT2D eigenvalue weighted by Gasteiger charge is -2.06. The van der Waals surface area contributed by atoms with Crippen molar-refractivity contribution in [2.24, 2.45) is 0 Å². The van der Waals surface area contributed by atoms with Gasteiger partial charge in [-0.25, -0.2) is 17.9 Å². The number of Topliss-reactive ketones (excluding diaryl/α,β-unsaturated/α-hetero) is 1. The maximum absolute atomic E-state index is 11.7. The number of benzene rings is 1. The molecule has 0 atom stereocenters. The summed E-state index contributed by atoms with van der Waals surface area (Å²) in [6.45, 7) is 3.06. The molecule has 7 nitrogen and oxygen atoms in total. The Morgan fingerprint density at radius 1 is 1.29 bits per heavy atom. The van der Waals surface area contributed by atoms with Gasteiger partial charge in [-0.05, 0) is 31.5 Å². The van der Waals surface area contributed by atoms with Crippen LogP contribution in [0.1, 0.15) is 24.2 Å². The van der Waals surface area contributed by atoms with E-state index in [0.717, 1.165) is 11.1 Å². The summed E-state index contributed by atoms with van der Waals surface area (Å²) in [5.74, 6) is 0.165. The van der Waals surface area contributed by atoms with E-state index in [2.05, 4.69) is 14.8 Å². The molecule has 2 aromatic heterocycles. The summed E-state index contributed by atoms with van der Waals surface area (Å²) in [6.07, 6.45) is 3.27. The van der Waals surface area contributed by atoms with Gasteiger partial charge >= 0.3 is 0 Å². The lowest BCUT2D eigenvalue weighted by molar-refractivity contribution is 0.101. The van der Waals surface area contributed by atoms with Gasteiger partial charge in [-0.15, -0.1) is 0 Å². The Kier molecular flexibility index (Phi) is 4.06. The zero-order chi connectivity index (χ0) is 17.3. The summed E-state index contributed by atoms with van der Waals surface area (Å²) in [5.41, 5.74) is 2.61. The van der Waals surface area contributed by atoms with Crippen molar-refractivity contribution in [1.29, 1.82) is 0 Å². The number of carbonyl (C=O) groups is 1. The van der Waals surface area contributed by atoms with Gasteiger partial charge in [0.05, 0.1) is 11.9 Å². The van der Waals surface area contributed by atoms with Crippen LogP contribution in [0.15, 0.2) is 42.7 Å². The highest BCUT2D eigenvalue weighted by Gasteiger charge is 2.13. The third-order valence-electron chi connectivity index (χ3n) is 3.59. The van der Waals surface area contributed by atoms with Crippen molar-refractivity contribution in [3.8, 4) is 11.1 Å². The summed E-state index contributed by atoms with van der Waals surface area (Å²) in [5, 5.41) is 4.22. The van der Waals surface area contributed by atoms with E-state index in [-0.39, 0.29) is 17.4 Å². The standard InChI is InChI=1S/C16H16N4O3S/c1-3-24(22,23)19-15-7-8-20-16(18-15)14(10-17-20)13-6-4-5-12(9-13)11(2)21/h4-10H,3H2,1-2H3,(H,18,19). The lowest BCUT2D eigenvalue weighted by Crippen LogP contribution is -2.15. The van der Waals surface area contributed by atoms with Crippen LogP contribution in [0.5, 0.6) is 0 Å². The van der Waals surface area contributed by atoms with Crippen molar-refractivity contribution in [2.45, 2.75) is 13.8 Å². The van der Waals surface area contributed by atoms with Crippen molar-refractivity contribution < 1.29 is 13.2 Å². The fourth-order valence-corrected chi connectivity index (χ4v) is 2.84. The molecule has 0 amide bonds. The molecule has 0 spiro atoms. The zero-order valence-corrected chi connectivity index (χ0v) is 14.0. The highest BCUT2D eigenvalue weighted by molar-refractivity contribution is 7.92. The molecule has 0 unspecified atom stereocenters. The molecule has 0 bridgehead atoms. The first kappa shape index (κ1) is 16.1. The van der Waals surface area contributed by atoms with Gasteiger partial charge in [0.15, 0.2) is 11.4 Å². The van der Waals surface area contributed by atoms with Crippen LogP contribution in [0.4, 0.5) is 5.82 Å². The third-order valence-corrected chi connectivity index (χ3v) is 4.87. The maximum Gasteiger partial charge on any atom is 0.233 e. The number of anilines is 1. The number of nitrogens with one attached hydrogen (secondary N) is 1. The zero-order valence-electron chi connectivity index (χ0n) is 13.2. The lowest BCUT2D eigenvalue weighted by atomic mass is 10.0. The van der Waals surface area contributed by atoms with Crippen LogP contribution < -0.4 is 4.72 Å². The van der Waals surface area contributed by atoms with Gasteiger partial charge in [0.25, 0.3) is 0 Å². The summed E-state index contributed by atoms with van der Waals surface area (Å²) in [6, 6.07) is 8.70. The Hall–Kier alpha value is -2.74. The molecule has 0 saturated heterocycles. The number of carbonyl (C=O) groups excluding carboxylic acids is 1. The minimum Gasteiger partial charge on any atom is -0.295 e. The molecular weight excluding hydrogens is 328 g/mol. The molecule has 0 saturated carbocycles. The van der Waals surface area contributed by atoms with Crippen LogP contribution in [0.3, 0.4) is 0 Å². The van der Waals surface area contributed by atoms with Gasteiger partial charge in [0, 0.05) is 17.3 Å². The number of aromatic nitrogens is 3. The Balaban J connectivity index is 2.09. The van der Waals surface area contributed by atoms with Crippen molar-refractivity contribution in [1.82, 2.24) is 14.6 Å². The molecule has 0 aliphatic carbocycles. The van der Waals surface area contributed by atoms with Crippen molar-refractivity contribution >= 4 is 27.3 Å². The van der Waals surface area contributed by atoms with Gasteiger partial charge in [0.1, 0.15) is 5.82 Å². The maximum atomic E-state index is 11.7. The Labute approximate surface area is 139 Å². The van der Waals surface area contributed by atoms with Gasteiger partial charge in [0.2, 0.25) is 10.0 Å². The molecule has 3 rings (SSSR count). The average Bonchev–Trinajstić information content (AvgIpc) is 2.98. The highest BCUT2D eigenvalue weighted by Crippen LogP contribution is 2.25. The number of ketones is 1. The number of nitrogens with zero attached hydrogens (tertiary/aromatic N) is 3. The third kappa shape index (κ3) is 3.13. The van der Waals surface area contributed by atoms with E-state index in [1.807, 2.05) is 6.07 Å². The van der Waals surface area contributed by atoms with E-state index in [1.54, 1.807) is 48.1 Å². The quantitative estimate of drug-likeness (QED) is 0.717. The van der Waals surface area contributed by atoms with Crippen LogP contribution in [-0.4, -0.2) is 34.6 Å². The van der Waals surface area contributed by atoms with Crippen LogP contribution in [-0.2, 0) is 10.0 Å².